The molecule has 1 aliphatic carbocycles. The number of nitrogens with one attached hydrogen (secondary N) is 1. The molecule has 2 aliphatic rings. The zero-order valence-electron chi connectivity index (χ0n) is 5.91. The number of rotatable bonds is 0. The Bertz CT molecular complexity index is 225. The molecule has 0 saturated carbocycles. The van der Waals surface area contributed by atoms with Gasteiger partial charge in [-0.2, -0.15) is 5.10 Å². The molecule has 1 aliphatic heterocycles. The van der Waals surface area contributed by atoms with E-state index < -0.39 is 0 Å². The lowest BCUT2D eigenvalue weighted by molar-refractivity contribution is 0.604. The van der Waals surface area contributed by atoms with Gasteiger partial charge in [-0.15, -0.1) is 0 Å². The second kappa shape index (κ2) is 1.97. The Labute approximate surface area is 60.3 Å². The Kier molecular flexibility index (Phi) is 1.13. The zero-order valence-corrected chi connectivity index (χ0v) is 5.91. The van der Waals surface area contributed by atoms with Gasteiger partial charge in [-0.05, 0) is 12.0 Å². The van der Waals surface area contributed by atoms with Gasteiger partial charge in [0.25, 0.3) is 0 Å². The summed E-state index contributed by atoms with van der Waals surface area (Å²) in [7, 11) is 0. The van der Waals surface area contributed by atoms with Crippen molar-refractivity contribution in [3.05, 3.63) is 23.9 Å². The molecule has 0 aromatic rings. The van der Waals surface area contributed by atoms with E-state index in [1.807, 2.05) is 6.21 Å². The Balaban J connectivity index is 2.31. The van der Waals surface area contributed by atoms with Crippen LogP contribution in [0.5, 0.6) is 0 Å². The molecule has 52 valence electrons. The number of nitrogens with zero attached hydrogens (tertiary/aromatic N) is 1. The standard InChI is InChI=1S/C8H10N2/c1-6-3-2-4-8-7(6)5-9-10-8/h2-7,10H,1H3. The molecule has 0 bridgehead atoms. The monoisotopic (exact) mass is 134 g/mol. The van der Waals surface area contributed by atoms with E-state index in [1.165, 1.54) is 5.70 Å². The normalized spacial score (nSPS) is 35.1. The van der Waals surface area contributed by atoms with Gasteiger partial charge in [-0.25, -0.2) is 0 Å². The highest BCUT2D eigenvalue weighted by Gasteiger charge is 2.23. The molecule has 10 heavy (non-hydrogen) atoms. The van der Waals surface area contributed by atoms with Crippen LogP contribution >= 0.6 is 0 Å². The van der Waals surface area contributed by atoms with Crippen molar-refractivity contribution in [3.8, 4) is 0 Å². The fourth-order valence-corrected chi connectivity index (χ4v) is 1.37. The topological polar surface area (TPSA) is 24.4 Å². The molecule has 0 radical (unpaired) electrons. The minimum Gasteiger partial charge on any atom is -0.282 e. The van der Waals surface area contributed by atoms with Crippen LogP contribution in [0, 0.1) is 11.8 Å². The van der Waals surface area contributed by atoms with E-state index in [0.29, 0.717) is 11.8 Å². The van der Waals surface area contributed by atoms with E-state index in [9.17, 15) is 0 Å². The summed E-state index contributed by atoms with van der Waals surface area (Å²) in [4.78, 5) is 0. The fraction of sp³-hybridized carbons (Fsp3) is 0.375. The summed E-state index contributed by atoms with van der Waals surface area (Å²) >= 11 is 0. The maximum Gasteiger partial charge on any atom is 0.0438 e. The van der Waals surface area contributed by atoms with Crippen LogP contribution in [0.15, 0.2) is 29.0 Å². The van der Waals surface area contributed by atoms with Crippen molar-refractivity contribution in [3.63, 3.8) is 0 Å². The van der Waals surface area contributed by atoms with Gasteiger partial charge in [0, 0.05) is 17.8 Å². The van der Waals surface area contributed by atoms with Gasteiger partial charge in [0.05, 0.1) is 0 Å². The van der Waals surface area contributed by atoms with E-state index >= 15 is 0 Å². The van der Waals surface area contributed by atoms with Crippen molar-refractivity contribution in [2.45, 2.75) is 6.92 Å². The quantitative estimate of drug-likeness (QED) is 0.530. The summed E-state index contributed by atoms with van der Waals surface area (Å²) in [6.07, 6.45) is 8.34. The second-order valence-electron chi connectivity index (χ2n) is 2.78. The third kappa shape index (κ3) is 0.685. The van der Waals surface area contributed by atoms with E-state index in [2.05, 4.69) is 35.7 Å². The highest BCUT2D eigenvalue weighted by Crippen LogP contribution is 2.25. The van der Waals surface area contributed by atoms with Crippen LogP contribution in [0.3, 0.4) is 0 Å². The van der Waals surface area contributed by atoms with Crippen LogP contribution in [0.25, 0.3) is 0 Å². The predicted octanol–water partition coefficient (Wildman–Crippen LogP) is 1.28. The third-order valence-electron chi connectivity index (χ3n) is 2.04. The average molecular weight is 134 g/mol. The van der Waals surface area contributed by atoms with Gasteiger partial charge < -0.3 is 0 Å². The summed E-state index contributed by atoms with van der Waals surface area (Å²) in [5.41, 5.74) is 4.20. The van der Waals surface area contributed by atoms with Crippen molar-refractivity contribution < 1.29 is 0 Å². The molecule has 0 fully saturated rings. The van der Waals surface area contributed by atoms with Gasteiger partial charge in [-0.1, -0.05) is 19.1 Å². The van der Waals surface area contributed by atoms with E-state index in [4.69, 9.17) is 0 Å². The summed E-state index contributed by atoms with van der Waals surface area (Å²) in [6.45, 7) is 2.20. The summed E-state index contributed by atoms with van der Waals surface area (Å²) in [5.74, 6) is 1.10. The molecule has 2 nitrogen and oxygen atoms in total. The molecule has 0 spiro atoms. The van der Waals surface area contributed by atoms with Gasteiger partial charge in [0.2, 0.25) is 0 Å². The molecule has 0 aromatic carbocycles. The zero-order chi connectivity index (χ0) is 6.97. The number of hydrogen-bond donors (Lipinski definition) is 1. The van der Waals surface area contributed by atoms with Crippen molar-refractivity contribution in [1.29, 1.82) is 0 Å². The van der Waals surface area contributed by atoms with Crippen LogP contribution in [0.2, 0.25) is 0 Å². The van der Waals surface area contributed by atoms with E-state index in [-0.39, 0.29) is 0 Å². The Hall–Kier alpha value is -1.05. The van der Waals surface area contributed by atoms with Crippen LogP contribution in [0.4, 0.5) is 0 Å². The maximum atomic E-state index is 4.00. The van der Waals surface area contributed by atoms with Gasteiger partial charge in [-0.3, -0.25) is 5.43 Å². The van der Waals surface area contributed by atoms with Crippen LogP contribution in [-0.4, -0.2) is 6.21 Å². The molecule has 0 aromatic heterocycles. The molecule has 2 heteroatoms. The minimum absolute atomic E-state index is 0.505. The first-order chi connectivity index (χ1) is 4.88. The highest BCUT2D eigenvalue weighted by atomic mass is 15.3. The van der Waals surface area contributed by atoms with Crippen LogP contribution in [-0.2, 0) is 0 Å². The smallest absolute Gasteiger partial charge is 0.0438 e. The second-order valence-corrected chi connectivity index (χ2v) is 2.78. The van der Waals surface area contributed by atoms with Crippen molar-refractivity contribution in [2.75, 3.05) is 0 Å². The average Bonchev–Trinajstić information content (AvgIpc) is 2.36. The van der Waals surface area contributed by atoms with Gasteiger partial charge in [0.15, 0.2) is 0 Å². The Morgan fingerprint density at radius 1 is 1.60 bits per heavy atom. The summed E-state index contributed by atoms with van der Waals surface area (Å²) in [6, 6.07) is 0. The van der Waals surface area contributed by atoms with Gasteiger partial charge >= 0.3 is 0 Å². The van der Waals surface area contributed by atoms with Gasteiger partial charge in [0.1, 0.15) is 0 Å². The van der Waals surface area contributed by atoms with E-state index in [1.54, 1.807) is 0 Å². The lowest BCUT2D eigenvalue weighted by Gasteiger charge is -2.16. The first-order valence-electron chi connectivity index (χ1n) is 3.55. The summed E-state index contributed by atoms with van der Waals surface area (Å²) < 4.78 is 0. The molecule has 1 heterocycles. The number of allylic oxidation sites excluding steroid dienone is 4. The molecule has 1 N–H and O–H groups in total. The predicted molar refractivity (Wildman–Crippen MR) is 41.5 cm³/mol. The Morgan fingerprint density at radius 2 is 2.50 bits per heavy atom. The lowest BCUT2D eigenvalue weighted by atomic mass is 9.89. The molecule has 0 amide bonds. The van der Waals surface area contributed by atoms with Crippen molar-refractivity contribution in [1.82, 2.24) is 5.43 Å². The number of hydrazone groups is 1. The molecule has 2 rings (SSSR count). The minimum atomic E-state index is 0.505. The SMILES string of the molecule is CC1C=CC=C2NN=CC21. The first kappa shape index (κ1) is 5.71. The lowest BCUT2D eigenvalue weighted by Crippen LogP contribution is -2.16. The van der Waals surface area contributed by atoms with Crippen LogP contribution in [0.1, 0.15) is 6.92 Å². The van der Waals surface area contributed by atoms with Crippen LogP contribution < -0.4 is 5.43 Å². The molecular weight excluding hydrogens is 124 g/mol. The number of hydrogen-bond acceptors (Lipinski definition) is 2. The highest BCUT2D eigenvalue weighted by molar-refractivity contribution is 5.69. The molecular formula is C8H10N2. The van der Waals surface area contributed by atoms with E-state index in [0.717, 1.165) is 0 Å². The number of fused-ring (bicyclic) bond motifs is 1. The Morgan fingerprint density at radius 3 is 3.30 bits per heavy atom. The molecule has 2 unspecified atom stereocenters. The largest absolute Gasteiger partial charge is 0.282 e. The summed E-state index contributed by atoms with van der Waals surface area (Å²) in [5, 5.41) is 4.00. The van der Waals surface area contributed by atoms with Crippen molar-refractivity contribution in [2.24, 2.45) is 16.9 Å². The fourth-order valence-electron chi connectivity index (χ4n) is 1.37. The maximum absolute atomic E-state index is 4.00. The van der Waals surface area contributed by atoms with Crippen molar-refractivity contribution >= 4 is 6.21 Å². The third-order valence-corrected chi connectivity index (χ3v) is 2.04. The molecule has 2 atom stereocenters. The molecule has 0 saturated heterocycles. The first-order valence-corrected chi connectivity index (χ1v) is 3.55.